The summed E-state index contributed by atoms with van der Waals surface area (Å²) in [6, 6.07) is 0. The maximum absolute atomic E-state index is 10.7. The minimum absolute atomic E-state index is 0.752. The molecule has 1 aromatic heterocycles. The molecular formula is C11H18N2OS. The molecule has 4 heteroatoms. The van der Waals surface area contributed by atoms with Crippen LogP contribution in [0.1, 0.15) is 42.1 Å². The Bertz CT molecular complexity index is 316. The third-order valence-electron chi connectivity index (χ3n) is 2.19. The summed E-state index contributed by atoms with van der Waals surface area (Å²) in [5.74, 6) is 0. The Morgan fingerprint density at radius 2 is 1.93 bits per heavy atom. The van der Waals surface area contributed by atoms with Crippen LogP contribution in [0.5, 0.6) is 0 Å². The molecule has 0 spiro atoms. The smallest absolute Gasteiger partial charge is 0.186 e. The Hall–Kier alpha value is -0.900. The van der Waals surface area contributed by atoms with Crippen molar-refractivity contribution < 1.29 is 4.79 Å². The largest absolute Gasteiger partial charge is 0.348 e. The van der Waals surface area contributed by atoms with Crippen molar-refractivity contribution in [1.82, 2.24) is 4.98 Å². The number of rotatable bonds is 6. The van der Waals surface area contributed by atoms with Crippen LogP contribution in [0.2, 0.25) is 0 Å². The molecule has 3 nitrogen and oxygen atoms in total. The number of hydrogen-bond acceptors (Lipinski definition) is 4. The molecule has 0 radical (unpaired) electrons. The number of thiazole rings is 1. The molecule has 1 aromatic rings. The molecule has 0 aliphatic heterocycles. The second-order valence-electron chi connectivity index (χ2n) is 3.55. The fourth-order valence-electron chi connectivity index (χ4n) is 1.48. The Kier molecular flexibility index (Phi) is 4.75. The van der Waals surface area contributed by atoms with E-state index in [2.05, 4.69) is 23.7 Å². The number of anilines is 1. The summed E-state index contributed by atoms with van der Waals surface area (Å²) in [6.45, 7) is 8.23. The predicted octanol–water partition coefficient (Wildman–Crippen LogP) is 2.89. The van der Waals surface area contributed by atoms with Crippen molar-refractivity contribution >= 4 is 22.8 Å². The van der Waals surface area contributed by atoms with Gasteiger partial charge in [-0.1, -0.05) is 25.2 Å². The first-order chi connectivity index (χ1) is 7.22. The first-order valence-corrected chi connectivity index (χ1v) is 6.22. The highest BCUT2D eigenvalue weighted by Crippen LogP contribution is 2.24. The van der Waals surface area contributed by atoms with E-state index in [1.54, 1.807) is 0 Å². The second kappa shape index (κ2) is 5.85. The number of nitrogens with zero attached hydrogens (tertiary/aromatic N) is 2. The van der Waals surface area contributed by atoms with Crippen LogP contribution in [0, 0.1) is 6.92 Å². The van der Waals surface area contributed by atoms with Gasteiger partial charge in [0.1, 0.15) is 0 Å². The monoisotopic (exact) mass is 226 g/mol. The van der Waals surface area contributed by atoms with E-state index in [4.69, 9.17) is 0 Å². The number of aldehydes is 1. The molecule has 0 aromatic carbocycles. The molecule has 0 amide bonds. The molecule has 15 heavy (non-hydrogen) atoms. The molecule has 0 N–H and O–H groups in total. The van der Waals surface area contributed by atoms with Crippen molar-refractivity contribution in [1.29, 1.82) is 0 Å². The van der Waals surface area contributed by atoms with Gasteiger partial charge >= 0.3 is 0 Å². The Morgan fingerprint density at radius 3 is 2.33 bits per heavy atom. The highest BCUT2D eigenvalue weighted by atomic mass is 32.1. The molecule has 1 heterocycles. The van der Waals surface area contributed by atoms with Gasteiger partial charge in [0.2, 0.25) is 0 Å². The number of carbonyl (C=O) groups excluding carboxylic acids is 1. The van der Waals surface area contributed by atoms with Crippen LogP contribution < -0.4 is 4.90 Å². The lowest BCUT2D eigenvalue weighted by Crippen LogP contribution is -2.24. The maximum atomic E-state index is 10.7. The quantitative estimate of drug-likeness (QED) is 0.699. The van der Waals surface area contributed by atoms with Crippen molar-refractivity contribution in [2.24, 2.45) is 0 Å². The molecule has 1 rings (SSSR count). The first kappa shape index (κ1) is 12.2. The molecule has 0 bridgehead atoms. The first-order valence-electron chi connectivity index (χ1n) is 5.40. The van der Waals surface area contributed by atoms with Gasteiger partial charge in [-0.3, -0.25) is 4.79 Å². The van der Waals surface area contributed by atoms with Gasteiger partial charge in [-0.05, 0) is 19.8 Å². The topological polar surface area (TPSA) is 33.2 Å². The van der Waals surface area contributed by atoms with Crippen molar-refractivity contribution in [3.63, 3.8) is 0 Å². The normalized spacial score (nSPS) is 10.3. The van der Waals surface area contributed by atoms with Crippen LogP contribution >= 0.6 is 11.3 Å². The Morgan fingerprint density at radius 1 is 1.33 bits per heavy atom. The summed E-state index contributed by atoms with van der Waals surface area (Å²) < 4.78 is 0. The van der Waals surface area contributed by atoms with Crippen molar-refractivity contribution in [3.05, 3.63) is 10.6 Å². The van der Waals surface area contributed by atoms with Gasteiger partial charge in [0.25, 0.3) is 0 Å². The number of hydrogen-bond donors (Lipinski definition) is 0. The van der Waals surface area contributed by atoms with Crippen LogP contribution in [-0.2, 0) is 0 Å². The minimum Gasteiger partial charge on any atom is -0.348 e. The van der Waals surface area contributed by atoms with Crippen LogP contribution in [0.25, 0.3) is 0 Å². The lowest BCUT2D eigenvalue weighted by Gasteiger charge is -2.19. The molecule has 0 aliphatic rings. The summed E-state index contributed by atoms with van der Waals surface area (Å²) in [4.78, 5) is 18.2. The van der Waals surface area contributed by atoms with E-state index in [1.165, 1.54) is 11.3 Å². The summed E-state index contributed by atoms with van der Waals surface area (Å²) in [5, 5.41) is 0.985. The molecular weight excluding hydrogens is 208 g/mol. The predicted molar refractivity (Wildman–Crippen MR) is 65.0 cm³/mol. The summed E-state index contributed by atoms with van der Waals surface area (Å²) in [6.07, 6.45) is 3.11. The van der Waals surface area contributed by atoms with Crippen LogP contribution in [0.15, 0.2) is 0 Å². The molecule has 0 aliphatic carbocycles. The van der Waals surface area contributed by atoms with Crippen LogP contribution in [0.3, 0.4) is 0 Å². The average molecular weight is 226 g/mol. The average Bonchev–Trinajstić information content (AvgIpc) is 2.59. The minimum atomic E-state index is 0.752. The van der Waals surface area contributed by atoms with E-state index in [1.807, 2.05) is 6.92 Å². The molecule has 0 saturated carbocycles. The van der Waals surface area contributed by atoms with E-state index in [0.717, 1.165) is 47.9 Å². The second-order valence-corrected chi connectivity index (χ2v) is 4.56. The lowest BCUT2D eigenvalue weighted by molar-refractivity contribution is 0.112. The zero-order chi connectivity index (χ0) is 11.3. The molecule has 84 valence electrons. The van der Waals surface area contributed by atoms with Gasteiger partial charge in [0, 0.05) is 13.1 Å². The highest BCUT2D eigenvalue weighted by molar-refractivity contribution is 7.17. The van der Waals surface area contributed by atoms with Crippen LogP contribution in [-0.4, -0.2) is 24.4 Å². The standard InChI is InChI=1S/C11H18N2OS/c1-4-6-13(7-5-2)11-12-9(3)10(8-14)15-11/h8H,4-7H2,1-3H3. The number of carbonyl (C=O) groups is 1. The summed E-state index contributed by atoms with van der Waals surface area (Å²) in [7, 11) is 0. The fourth-order valence-corrected chi connectivity index (χ4v) is 2.41. The van der Waals surface area contributed by atoms with Gasteiger partial charge in [0.15, 0.2) is 11.4 Å². The van der Waals surface area contributed by atoms with Crippen molar-refractivity contribution in [2.45, 2.75) is 33.6 Å². The number of aromatic nitrogens is 1. The van der Waals surface area contributed by atoms with Crippen LogP contribution in [0.4, 0.5) is 5.13 Å². The van der Waals surface area contributed by atoms with E-state index < -0.39 is 0 Å². The fraction of sp³-hybridized carbons (Fsp3) is 0.636. The van der Waals surface area contributed by atoms with Crippen molar-refractivity contribution in [3.8, 4) is 0 Å². The molecule has 0 atom stereocenters. The zero-order valence-electron chi connectivity index (χ0n) is 9.62. The zero-order valence-corrected chi connectivity index (χ0v) is 10.4. The van der Waals surface area contributed by atoms with Gasteiger partial charge in [-0.15, -0.1) is 0 Å². The van der Waals surface area contributed by atoms with Gasteiger partial charge in [-0.25, -0.2) is 4.98 Å². The van der Waals surface area contributed by atoms with E-state index in [9.17, 15) is 4.79 Å². The van der Waals surface area contributed by atoms with Gasteiger partial charge in [0.05, 0.1) is 10.6 Å². The third kappa shape index (κ3) is 3.02. The third-order valence-corrected chi connectivity index (χ3v) is 3.33. The molecule has 0 fully saturated rings. The SMILES string of the molecule is CCCN(CCC)c1nc(C)c(C=O)s1. The van der Waals surface area contributed by atoms with Crippen molar-refractivity contribution in [2.75, 3.05) is 18.0 Å². The summed E-state index contributed by atoms with van der Waals surface area (Å²) in [5.41, 5.74) is 0.849. The van der Waals surface area contributed by atoms with E-state index >= 15 is 0 Å². The molecule has 0 saturated heterocycles. The lowest BCUT2D eigenvalue weighted by atomic mass is 10.4. The maximum Gasteiger partial charge on any atom is 0.186 e. The Labute approximate surface area is 95.1 Å². The van der Waals surface area contributed by atoms with Gasteiger partial charge in [-0.2, -0.15) is 0 Å². The summed E-state index contributed by atoms with van der Waals surface area (Å²) >= 11 is 1.49. The highest BCUT2D eigenvalue weighted by Gasteiger charge is 2.12. The molecule has 0 unspecified atom stereocenters. The number of aryl methyl sites for hydroxylation is 1. The van der Waals surface area contributed by atoms with E-state index in [-0.39, 0.29) is 0 Å². The van der Waals surface area contributed by atoms with E-state index in [0.29, 0.717) is 0 Å². The Balaban J connectivity index is 2.84. The van der Waals surface area contributed by atoms with Gasteiger partial charge < -0.3 is 4.90 Å².